The van der Waals surface area contributed by atoms with Gasteiger partial charge in [0.05, 0.1) is 0 Å². The van der Waals surface area contributed by atoms with Gasteiger partial charge in [-0.15, -0.1) is 0 Å². The number of esters is 3. The normalized spacial score (nSPS) is 13.3. The van der Waals surface area contributed by atoms with Gasteiger partial charge in [-0.05, 0) is 122 Å². The molecule has 0 aromatic heterocycles. The Hall–Kier alpha value is -4.71. The van der Waals surface area contributed by atoms with Gasteiger partial charge in [-0.25, -0.2) is 0 Å². The van der Waals surface area contributed by atoms with Gasteiger partial charge in [0, 0.05) is 19.3 Å². The fourth-order valence-corrected chi connectivity index (χ4v) is 6.79. The van der Waals surface area contributed by atoms with Gasteiger partial charge in [-0.1, -0.05) is 218 Å². The molecule has 0 rings (SSSR count). The summed E-state index contributed by atoms with van der Waals surface area (Å²) in [5.74, 6) is -1.10. The van der Waals surface area contributed by atoms with Crippen molar-refractivity contribution in [2.45, 2.75) is 219 Å². The third-order valence-electron chi connectivity index (χ3n) is 10.8. The molecule has 0 radical (unpaired) electrons. The standard InChI is InChI=1S/C63H98O6/c1-4-7-10-13-16-19-22-25-28-30-31-33-36-38-41-44-47-50-53-56-62(65)68-59-60(69-63(66)57-54-51-48-45-42-39-34-27-24-21-18-15-12-9-6-3)58-67-61(64)55-52-49-46-43-40-37-35-32-29-26-23-20-17-14-11-8-5-2/h7-8,10-11,16-17,19-20,25-29,31,33-35,37-38,41,43,46-47,50,60H,4-6,9,12-15,18,21-24,30,32,36,39-40,42,44-45,48-49,51-59H2,1-3H3/b10-7-,11-8-,19-16-,20-17-,28-25-,29-26-,33-31-,34-27-,37-35-,41-38-,46-43-,50-47-/t60-/m0/s1. The first-order chi connectivity index (χ1) is 34.0. The summed E-state index contributed by atoms with van der Waals surface area (Å²) in [5, 5.41) is 0. The van der Waals surface area contributed by atoms with E-state index in [1.807, 2.05) is 12.2 Å². The quantitative estimate of drug-likeness (QED) is 0.0262. The number of hydrogen-bond donors (Lipinski definition) is 0. The van der Waals surface area contributed by atoms with Crippen LogP contribution in [-0.2, 0) is 28.6 Å². The van der Waals surface area contributed by atoms with E-state index in [1.165, 1.54) is 51.4 Å². The Labute approximate surface area is 423 Å². The van der Waals surface area contributed by atoms with Gasteiger partial charge in [0.1, 0.15) is 13.2 Å². The Morgan fingerprint density at radius 1 is 0.304 bits per heavy atom. The van der Waals surface area contributed by atoms with Crippen LogP contribution in [0.25, 0.3) is 0 Å². The highest BCUT2D eigenvalue weighted by atomic mass is 16.6. The zero-order valence-corrected chi connectivity index (χ0v) is 44.0. The van der Waals surface area contributed by atoms with Crippen LogP contribution in [0.15, 0.2) is 146 Å². The zero-order valence-electron chi connectivity index (χ0n) is 44.0. The molecule has 0 spiro atoms. The van der Waals surface area contributed by atoms with Crippen molar-refractivity contribution in [3.63, 3.8) is 0 Å². The third kappa shape index (κ3) is 54.1. The van der Waals surface area contributed by atoms with Gasteiger partial charge in [0.25, 0.3) is 0 Å². The van der Waals surface area contributed by atoms with Crippen LogP contribution in [0.5, 0.6) is 0 Å². The molecule has 0 N–H and O–H groups in total. The second-order valence-electron chi connectivity index (χ2n) is 17.4. The van der Waals surface area contributed by atoms with Crippen molar-refractivity contribution in [1.29, 1.82) is 0 Å². The van der Waals surface area contributed by atoms with Gasteiger partial charge < -0.3 is 14.2 Å². The molecule has 6 heteroatoms. The molecule has 6 nitrogen and oxygen atoms in total. The number of ether oxygens (including phenoxy) is 3. The van der Waals surface area contributed by atoms with Crippen LogP contribution in [0.1, 0.15) is 213 Å². The van der Waals surface area contributed by atoms with Gasteiger partial charge >= 0.3 is 17.9 Å². The van der Waals surface area contributed by atoms with Crippen molar-refractivity contribution in [3.8, 4) is 0 Å². The van der Waals surface area contributed by atoms with Crippen LogP contribution in [0.2, 0.25) is 0 Å². The Morgan fingerprint density at radius 2 is 0.609 bits per heavy atom. The lowest BCUT2D eigenvalue weighted by Gasteiger charge is -2.18. The first kappa shape index (κ1) is 64.3. The molecule has 0 saturated carbocycles. The highest BCUT2D eigenvalue weighted by Crippen LogP contribution is 2.12. The number of allylic oxidation sites excluding steroid dienone is 24. The van der Waals surface area contributed by atoms with Crippen molar-refractivity contribution in [2.75, 3.05) is 13.2 Å². The molecule has 1 atom stereocenters. The maximum atomic E-state index is 12.8. The van der Waals surface area contributed by atoms with Gasteiger partial charge in [-0.2, -0.15) is 0 Å². The monoisotopic (exact) mass is 951 g/mol. The summed E-state index contributed by atoms with van der Waals surface area (Å²) in [7, 11) is 0. The molecule has 0 heterocycles. The lowest BCUT2D eigenvalue weighted by Crippen LogP contribution is -2.30. The molecule has 386 valence electrons. The molecule has 0 bridgehead atoms. The van der Waals surface area contributed by atoms with Crippen molar-refractivity contribution >= 4 is 17.9 Å². The fraction of sp³-hybridized carbons (Fsp3) is 0.571. The lowest BCUT2D eigenvalue weighted by molar-refractivity contribution is -0.166. The van der Waals surface area contributed by atoms with E-state index in [9.17, 15) is 14.4 Å². The summed E-state index contributed by atoms with van der Waals surface area (Å²) >= 11 is 0. The topological polar surface area (TPSA) is 78.9 Å². The first-order valence-corrected chi connectivity index (χ1v) is 27.3. The smallest absolute Gasteiger partial charge is 0.306 e. The van der Waals surface area contributed by atoms with E-state index < -0.39 is 6.10 Å². The Balaban J connectivity index is 4.63. The number of carbonyl (C=O) groups is 3. The zero-order chi connectivity index (χ0) is 50.0. The van der Waals surface area contributed by atoms with Gasteiger partial charge in [0.2, 0.25) is 0 Å². The number of hydrogen-bond acceptors (Lipinski definition) is 6. The summed E-state index contributed by atoms with van der Waals surface area (Å²) in [4.78, 5) is 38.0. The Kier molecular flexibility index (Phi) is 52.1. The lowest BCUT2D eigenvalue weighted by atomic mass is 10.1. The Bertz CT molecular complexity index is 1560. The van der Waals surface area contributed by atoms with E-state index in [1.54, 1.807) is 0 Å². The molecule has 0 aromatic rings. The van der Waals surface area contributed by atoms with Crippen LogP contribution >= 0.6 is 0 Å². The molecule has 0 amide bonds. The van der Waals surface area contributed by atoms with Crippen LogP contribution in [0.3, 0.4) is 0 Å². The molecule has 0 unspecified atom stereocenters. The number of carbonyl (C=O) groups excluding carboxylic acids is 3. The molecule has 0 fully saturated rings. The van der Waals surface area contributed by atoms with E-state index in [4.69, 9.17) is 14.2 Å². The summed E-state index contributed by atoms with van der Waals surface area (Å²) in [6.45, 7) is 6.26. The van der Waals surface area contributed by atoms with E-state index in [-0.39, 0.29) is 50.4 Å². The Morgan fingerprint density at radius 3 is 1.03 bits per heavy atom. The molecular formula is C63H98O6. The van der Waals surface area contributed by atoms with E-state index in [0.717, 1.165) is 109 Å². The number of rotatable bonds is 47. The minimum Gasteiger partial charge on any atom is -0.462 e. The summed E-state index contributed by atoms with van der Waals surface area (Å²) < 4.78 is 16.7. The predicted molar refractivity (Wildman–Crippen MR) is 297 cm³/mol. The summed E-state index contributed by atoms with van der Waals surface area (Å²) in [5.41, 5.74) is 0. The molecule has 0 aliphatic rings. The molecule has 69 heavy (non-hydrogen) atoms. The maximum Gasteiger partial charge on any atom is 0.306 e. The van der Waals surface area contributed by atoms with Gasteiger partial charge in [-0.3, -0.25) is 14.4 Å². The van der Waals surface area contributed by atoms with Crippen LogP contribution < -0.4 is 0 Å². The largest absolute Gasteiger partial charge is 0.462 e. The van der Waals surface area contributed by atoms with E-state index in [0.29, 0.717) is 12.8 Å². The van der Waals surface area contributed by atoms with Crippen LogP contribution in [-0.4, -0.2) is 37.2 Å². The highest BCUT2D eigenvalue weighted by molar-refractivity contribution is 5.71. The van der Waals surface area contributed by atoms with E-state index >= 15 is 0 Å². The fourth-order valence-electron chi connectivity index (χ4n) is 6.79. The minimum absolute atomic E-state index is 0.140. The first-order valence-electron chi connectivity index (χ1n) is 27.3. The second-order valence-corrected chi connectivity index (χ2v) is 17.4. The van der Waals surface area contributed by atoms with Crippen molar-refractivity contribution in [3.05, 3.63) is 146 Å². The summed E-state index contributed by atoms with van der Waals surface area (Å²) in [6, 6.07) is 0. The van der Waals surface area contributed by atoms with Crippen LogP contribution in [0, 0.1) is 0 Å². The van der Waals surface area contributed by atoms with Gasteiger partial charge in [0.15, 0.2) is 6.10 Å². The van der Waals surface area contributed by atoms with E-state index in [2.05, 4.69) is 154 Å². The molecule has 0 saturated heterocycles. The van der Waals surface area contributed by atoms with Crippen molar-refractivity contribution < 1.29 is 28.6 Å². The average molecular weight is 951 g/mol. The predicted octanol–water partition coefficient (Wildman–Crippen LogP) is 18.4. The minimum atomic E-state index is -0.842. The molecular weight excluding hydrogens is 853 g/mol. The molecule has 0 aliphatic carbocycles. The molecule has 0 aliphatic heterocycles. The average Bonchev–Trinajstić information content (AvgIpc) is 3.35. The summed E-state index contributed by atoms with van der Waals surface area (Å²) in [6.07, 6.45) is 79.9. The van der Waals surface area contributed by atoms with Crippen molar-refractivity contribution in [2.24, 2.45) is 0 Å². The number of unbranched alkanes of at least 4 members (excludes halogenated alkanes) is 12. The SMILES string of the molecule is CC/C=C\C/C=C\C/C=C\C/C=C\C/C=C\C/C=C\CCC(=O)OC[C@H](COC(=O)CCC/C=C\C/C=C\C/C=C\C/C=C\C/C=C\CC)OC(=O)CCCCCCC/C=C\CCCCCCCC. The third-order valence-corrected chi connectivity index (χ3v) is 10.8. The highest BCUT2D eigenvalue weighted by Gasteiger charge is 2.19. The maximum absolute atomic E-state index is 12.8. The molecule has 0 aromatic carbocycles. The van der Waals surface area contributed by atoms with Crippen LogP contribution in [0.4, 0.5) is 0 Å². The van der Waals surface area contributed by atoms with Crippen molar-refractivity contribution in [1.82, 2.24) is 0 Å². The second kappa shape index (κ2) is 55.9.